The first-order chi connectivity index (χ1) is 13.6. The van der Waals surface area contributed by atoms with Crippen LogP contribution >= 0.6 is 11.6 Å². The number of benzene rings is 3. The Balaban J connectivity index is 1.46. The molecule has 5 heteroatoms. The molecular formula is C23H19ClN2O2. The van der Waals surface area contributed by atoms with Gasteiger partial charge < -0.3 is 9.73 Å². The zero-order chi connectivity index (χ0) is 19.5. The Bertz CT molecular complexity index is 1130. The van der Waals surface area contributed by atoms with Gasteiger partial charge in [-0.1, -0.05) is 53.6 Å². The molecule has 4 nitrogen and oxygen atoms in total. The summed E-state index contributed by atoms with van der Waals surface area (Å²) in [4.78, 5) is 16.8. The SMILES string of the molecule is Cc1ccc(CCC(=O)Nc2ccc3nc(-c4ccccc4Cl)oc3c2)cc1. The van der Waals surface area contributed by atoms with Crippen molar-refractivity contribution in [2.24, 2.45) is 0 Å². The molecule has 1 heterocycles. The second kappa shape index (κ2) is 7.87. The van der Waals surface area contributed by atoms with E-state index in [9.17, 15) is 4.79 Å². The molecule has 0 radical (unpaired) electrons. The quantitative estimate of drug-likeness (QED) is 0.452. The zero-order valence-corrected chi connectivity index (χ0v) is 16.2. The number of amides is 1. The molecule has 3 aromatic carbocycles. The van der Waals surface area contributed by atoms with Gasteiger partial charge in [0.25, 0.3) is 0 Å². The van der Waals surface area contributed by atoms with E-state index in [4.69, 9.17) is 16.0 Å². The molecule has 0 unspecified atom stereocenters. The molecule has 1 amide bonds. The first-order valence-corrected chi connectivity index (χ1v) is 9.47. The van der Waals surface area contributed by atoms with Crippen molar-refractivity contribution in [3.63, 3.8) is 0 Å². The Morgan fingerprint density at radius 3 is 2.64 bits per heavy atom. The second-order valence-corrected chi connectivity index (χ2v) is 7.12. The zero-order valence-electron chi connectivity index (χ0n) is 15.4. The Hall–Kier alpha value is -3.11. The molecule has 140 valence electrons. The highest BCUT2D eigenvalue weighted by Crippen LogP contribution is 2.30. The minimum atomic E-state index is -0.0363. The number of carbonyl (C=O) groups is 1. The van der Waals surface area contributed by atoms with Crippen molar-refractivity contribution in [1.82, 2.24) is 4.98 Å². The van der Waals surface area contributed by atoms with Gasteiger partial charge in [-0.3, -0.25) is 4.79 Å². The summed E-state index contributed by atoms with van der Waals surface area (Å²) >= 11 is 6.22. The van der Waals surface area contributed by atoms with Crippen LogP contribution < -0.4 is 5.32 Å². The highest BCUT2D eigenvalue weighted by Gasteiger charge is 2.12. The minimum absolute atomic E-state index is 0.0363. The predicted octanol–water partition coefficient (Wildman–Crippen LogP) is 6.03. The van der Waals surface area contributed by atoms with Crippen molar-refractivity contribution < 1.29 is 9.21 Å². The van der Waals surface area contributed by atoms with Crippen molar-refractivity contribution in [2.45, 2.75) is 19.8 Å². The molecule has 4 aromatic rings. The number of nitrogens with one attached hydrogen (secondary N) is 1. The van der Waals surface area contributed by atoms with Gasteiger partial charge in [0.05, 0.1) is 10.6 Å². The number of halogens is 1. The lowest BCUT2D eigenvalue weighted by molar-refractivity contribution is -0.116. The third kappa shape index (κ3) is 4.07. The van der Waals surface area contributed by atoms with E-state index >= 15 is 0 Å². The largest absolute Gasteiger partial charge is 0.436 e. The van der Waals surface area contributed by atoms with Gasteiger partial charge in [0.1, 0.15) is 5.52 Å². The second-order valence-electron chi connectivity index (χ2n) is 6.72. The monoisotopic (exact) mass is 390 g/mol. The van der Waals surface area contributed by atoms with Crippen LogP contribution in [0.25, 0.3) is 22.6 Å². The number of aromatic nitrogens is 1. The summed E-state index contributed by atoms with van der Waals surface area (Å²) in [5, 5.41) is 3.51. The molecule has 0 spiro atoms. The fraction of sp³-hybridized carbons (Fsp3) is 0.130. The van der Waals surface area contributed by atoms with E-state index < -0.39 is 0 Å². The Morgan fingerprint density at radius 1 is 1.07 bits per heavy atom. The third-order valence-corrected chi connectivity index (χ3v) is 4.87. The van der Waals surface area contributed by atoms with Crippen LogP contribution in [-0.4, -0.2) is 10.9 Å². The molecule has 4 rings (SSSR count). The normalized spacial score (nSPS) is 10.9. The van der Waals surface area contributed by atoms with E-state index in [-0.39, 0.29) is 5.91 Å². The molecular weight excluding hydrogens is 372 g/mol. The van der Waals surface area contributed by atoms with Crippen molar-refractivity contribution in [3.05, 3.63) is 82.9 Å². The first-order valence-electron chi connectivity index (χ1n) is 9.09. The summed E-state index contributed by atoms with van der Waals surface area (Å²) in [5.74, 6) is 0.425. The number of anilines is 1. The highest BCUT2D eigenvalue weighted by molar-refractivity contribution is 6.33. The van der Waals surface area contributed by atoms with E-state index in [0.29, 0.717) is 40.5 Å². The highest BCUT2D eigenvalue weighted by atomic mass is 35.5. The molecule has 0 aliphatic carbocycles. The summed E-state index contributed by atoms with van der Waals surface area (Å²) < 4.78 is 5.85. The predicted molar refractivity (Wildman–Crippen MR) is 113 cm³/mol. The minimum Gasteiger partial charge on any atom is -0.436 e. The lowest BCUT2D eigenvalue weighted by atomic mass is 10.1. The Labute approximate surface area is 168 Å². The van der Waals surface area contributed by atoms with Crippen LogP contribution in [0.1, 0.15) is 17.5 Å². The summed E-state index contributed by atoms with van der Waals surface area (Å²) in [6.07, 6.45) is 1.12. The standard InChI is InChI=1S/C23H19ClN2O2/c1-15-6-8-16(9-7-15)10-13-22(27)25-17-11-12-20-21(14-17)28-23(26-20)18-4-2-3-5-19(18)24/h2-9,11-12,14H,10,13H2,1H3,(H,25,27). The van der Waals surface area contributed by atoms with Crippen LogP contribution in [0.5, 0.6) is 0 Å². The van der Waals surface area contributed by atoms with E-state index in [2.05, 4.69) is 34.6 Å². The van der Waals surface area contributed by atoms with Gasteiger partial charge in [0, 0.05) is 18.2 Å². The van der Waals surface area contributed by atoms with Crippen LogP contribution in [-0.2, 0) is 11.2 Å². The summed E-state index contributed by atoms with van der Waals surface area (Å²) in [6, 6.07) is 21.1. The van der Waals surface area contributed by atoms with Crippen LogP contribution in [0.4, 0.5) is 5.69 Å². The number of hydrogen-bond acceptors (Lipinski definition) is 3. The van der Waals surface area contributed by atoms with Crippen molar-refractivity contribution in [1.29, 1.82) is 0 Å². The number of nitrogens with zero attached hydrogens (tertiary/aromatic N) is 1. The topological polar surface area (TPSA) is 55.1 Å². The number of oxazole rings is 1. The maximum atomic E-state index is 12.3. The first kappa shape index (κ1) is 18.3. The van der Waals surface area contributed by atoms with Crippen LogP contribution in [0.15, 0.2) is 71.1 Å². The molecule has 1 aromatic heterocycles. The van der Waals surface area contributed by atoms with E-state index in [1.807, 2.05) is 37.3 Å². The van der Waals surface area contributed by atoms with Gasteiger partial charge in [-0.2, -0.15) is 0 Å². The van der Waals surface area contributed by atoms with Crippen molar-refractivity contribution in [3.8, 4) is 11.5 Å². The Kier molecular flexibility index (Phi) is 5.13. The number of aryl methyl sites for hydroxylation is 2. The molecule has 0 saturated heterocycles. The van der Waals surface area contributed by atoms with E-state index in [1.54, 1.807) is 12.1 Å². The number of rotatable bonds is 5. The summed E-state index contributed by atoms with van der Waals surface area (Å²) in [7, 11) is 0. The van der Waals surface area contributed by atoms with E-state index in [0.717, 1.165) is 11.1 Å². The number of fused-ring (bicyclic) bond motifs is 1. The van der Waals surface area contributed by atoms with Crippen molar-refractivity contribution >= 4 is 34.3 Å². The molecule has 0 fully saturated rings. The third-order valence-electron chi connectivity index (χ3n) is 4.54. The fourth-order valence-corrected chi connectivity index (χ4v) is 3.20. The van der Waals surface area contributed by atoms with Gasteiger partial charge in [-0.15, -0.1) is 0 Å². The smallest absolute Gasteiger partial charge is 0.228 e. The van der Waals surface area contributed by atoms with Gasteiger partial charge >= 0.3 is 0 Å². The lowest BCUT2D eigenvalue weighted by Gasteiger charge is -2.05. The van der Waals surface area contributed by atoms with Crippen LogP contribution in [0.3, 0.4) is 0 Å². The number of carbonyl (C=O) groups excluding carboxylic acids is 1. The molecule has 0 bridgehead atoms. The fourth-order valence-electron chi connectivity index (χ4n) is 2.99. The van der Waals surface area contributed by atoms with Gasteiger partial charge in [-0.05, 0) is 43.2 Å². The average Bonchev–Trinajstić information content (AvgIpc) is 3.11. The molecule has 0 aliphatic rings. The maximum absolute atomic E-state index is 12.3. The molecule has 0 atom stereocenters. The summed E-state index contributed by atoms with van der Waals surface area (Å²) in [5.41, 5.74) is 5.10. The van der Waals surface area contributed by atoms with Crippen LogP contribution in [0, 0.1) is 6.92 Å². The van der Waals surface area contributed by atoms with E-state index in [1.165, 1.54) is 5.56 Å². The van der Waals surface area contributed by atoms with Crippen molar-refractivity contribution in [2.75, 3.05) is 5.32 Å². The molecule has 1 N–H and O–H groups in total. The Morgan fingerprint density at radius 2 is 1.86 bits per heavy atom. The van der Waals surface area contributed by atoms with Gasteiger partial charge in [0.2, 0.25) is 11.8 Å². The molecule has 28 heavy (non-hydrogen) atoms. The summed E-state index contributed by atoms with van der Waals surface area (Å²) in [6.45, 7) is 2.05. The van der Waals surface area contributed by atoms with Gasteiger partial charge in [-0.25, -0.2) is 4.98 Å². The lowest BCUT2D eigenvalue weighted by Crippen LogP contribution is -2.12. The average molecular weight is 391 g/mol. The number of hydrogen-bond donors (Lipinski definition) is 1. The van der Waals surface area contributed by atoms with Crippen LogP contribution in [0.2, 0.25) is 5.02 Å². The van der Waals surface area contributed by atoms with Gasteiger partial charge in [0.15, 0.2) is 5.58 Å². The maximum Gasteiger partial charge on any atom is 0.228 e. The molecule has 0 saturated carbocycles. The molecule has 0 aliphatic heterocycles.